The van der Waals surface area contributed by atoms with E-state index in [4.69, 9.17) is 4.74 Å². The first-order valence-electron chi connectivity index (χ1n) is 6.18. The Hall–Kier alpha value is -1.24. The fraction of sp³-hybridized carbons (Fsp3) is 0.467. The van der Waals surface area contributed by atoms with Gasteiger partial charge in [0, 0.05) is 0 Å². The minimum absolute atomic E-state index is 0.837. The largest absolute Gasteiger partial charge is 0.501 e. The Morgan fingerprint density at radius 2 is 1.88 bits per heavy atom. The quantitative estimate of drug-likeness (QED) is 0.478. The maximum atomic E-state index is 5.53. The molecule has 0 fully saturated rings. The van der Waals surface area contributed by atoms with Crippen molar-refractivity contribution in [2.24, 2.45) is 0 Å². The van der Waals surface area contributed by atoms with Crippen molar-refractivity contribution in [3.05, 3.63) is 42.2 Å². The molecule has 0 aliphatic carbocycles. The van der Waals surface area contributed by atoms with Crippen LogP contribution in [0.4, 0.5) is 0 Å². The summed E-state index contributed by atoms with van der Waals surface area (Å²) in [7, 11) is 0. The number of ether oxygens (including phenoxy) is 1. The zero-order valence-electron chi connectivity index (χ0n) is 10.4. The van der Waals surface area contributed by atoms with Crippen molar-refractivity contribution in [2.45, 2.75) is 39.5 Å². The molecule has 0 aromatic heterocycles. The van der Waals surface area contributed by atoms with E-state index in [0.717, 1.165) is 13.0 Å². The molecule has 0 N–H and O–H groups in total. The third kappa shape index (κ3) is 5.01. The van der Waals surface area contributed by atoms with Crippen molar-refractivity contribution in [3.8, 4) is 0 Å². The Labute approximate surface area is 99.1 Å². The Balaban J connectivity index is 2.24. The second-order valence-electron chi connectivity index (χ2n) is 4.10. The molecule has 1 aromatic carbocycles. The zero-order chi connectivity index (χ0) is 11.6. The highest BCUT2D eigenvalue weighted by Gasteiger charge is 1.93. The molecule has 0 amide bonds. The Morgan fingerprint density at radius 1 is 1.12 bits per heavy atom. The summed E-state index contributed by atoms with van der Waals surface area (Å²) in [5.41, 5.74) is 2.42. The van der Waals surface area contributed by atoms with Crippen molar-refractivity contribution in [1.82, 2.24) is 0 Å². The second-order valence-corrected chi connectivity index (χ2v) is 4.10. The van der Waals surface area contributed by atoms with Gasteiger partial charge in [-0.15, -0.1) is 0 Å². The highest BCUT2D eigenvalue weighted by molar-refractivity contribution is 5.62. The van der Waals surface area contributed by atoms with Gasteiger partial charge in [0.15, 0.2) is 0 Å². The lowest BCUT2D eigenvalue weighted by Gasteiger charge is -2.03. The monoisotopic (exact) mass is 218 g/mol. The average Bonchev–Trinajstić information content (AvgIpc) is 2.34. The Kier molecular flexibility index (Phi) is 6.39. The van der Waals surface area contributed by atoms with Gasteiger partial charge in [-0.2, -0.15) is 0 Å². The van der Waals surface area contributed by atoms with E-state index in [1.165, 1.54) is 30.4 Å². The molecule has 1 rings (SSSR count). The molecule has 0 bridgehead atoms. The fourth-order valence-electron chi connectivity index (χ4n) is 1.57. The van der Waals surface area contributed by atoms with Crippen molar-refractivity contribution in [3.63, 3.8) is 0 Å². The number of hydrogen-bond donors (Lipinski definition) is 0. The standard InChI is InChI=1S/C15H22O/c1-3-4-5-9-12-16-13-14(2)15-10-7-6-8-11-15/h6-8,10-11,13H,3-5,9,12H2,1-2H3/b14-13+. The Morgan fingerprint density at radius 3 is 2.56 bits per heavy atom. The molecule has 1 nitrogen and oxygen atoms in total. The average molecular weight is 218 g/mol. The van der Waals surface area contributed by atoms with E-state index in [-0.39, 0.29) is 0 Å². The summed E-state index contributed by atoms with van der Waals surface area (Å²) in [5, 5.41) is 0. The van der Waals surface area contributed by atoms with Crippen LogP contribution in [0, 0.1) is 0 Å². The molecule has 0 saturated carbocycles. The summed E-state index contributed by atoms with van der Waals surface area (Å²) in [5.74, 6) is 0. The van der Waals surface area contributed by atoms with Crippen LogP contribution >= 0.6 is 0 Å². The normalized spacial score (nSPS) is 11.5. The number of rotatable bonds is 7. The van der Waals surface area contributed by atoms with Crippen LogP contribution in [0.25, 0.3) is 5.57 Å². The van der Waals surface area contributed by atoms with E-state index < -0.39 is 0 Å². The molecule has 0 radical (unpaired) electrons. The highest BCUT2D eigenvalue weighted by atomic mass is 16.5. The predicted octanol–water partition coefficient (Wildman–Crippen LogP) is 4.64. The number of allylic oxidation sites excluding steroid dienone is 1. The summed E-state index contributed by atoms with van der Waals surface area (Å²) >= 11 is 0. The fourth-order valence-corrected chi connectivity index (χ4v) is 1.57. The van der Waals surface area contributed by atoms with Crippen molar-refractivity contribution < 1.29 is 4.74 Å². The molecular formula is C15H22O. The molecule has 1 heteroatoms. The SMILES string of the molecule is CCCCCCO/C=C(\C)c1ccccc1. The lowest BCUT2D eigenvalue weighted by molar-refractivity contribution is 0.242. The molecule has 0 atom stereocenters. The first-order valence-corrected chi connectivity index (χ1v) is 6.18. The van der Waals surface area contributed by atoms with Crippen molar-refractivity contribution in [1.29, 1.82) is 0 Å². The molecule has 88 valence electrons. The zero-order valence-corrected chi connectivity index (χ0v) is 10.4. The van der Waals surface area contributed by atoms with Crippen LogP contribution in [-0.2, 0) is 4.74 Å². The maximum Gasteiger partial charge on any atom is 0.0873 e. The van der Waals surface area contributed by atoms with E-state index in [9.17, 15) is 0 Å². The third-order valence-corrected chi connectivity index (χ3v) is 2.60. The van der Waals surface area contributed by atoms with Crippen LogP contribution < -0.4 is 0 Å². The summed E-state index contributed by atoms with van der Waals surface area (Å²) in [6, 6.07) is 10.3. The van der Waals surface area contributed by atoms with Gasteiger partial charge in [0.2, 0.25) is 0 Å². The molecule has 0 spiro atoms. The summed E-state index contributed by atoms with van der Waals surface area (Å²) in [6.45, 7) is 5.14. The summed E-state index contributed by atoms with van der Waals surface area (Å²) in [6.07, 6.45) is 6.89. The van der Waals surface area contributed by atoms with Gasteiger partial charge in [0.05, 0.1) is 12.9 Å². The van der Waals surface area contributed by atoms with Gasteiger partial charge in [0.25, 0.3) is 0 Å². The van der Waals surface area contributed by atoms with Crippen LogP contribution in [0.3, 0.4) is 0 Å². The molecule has 0 unspecified atom stereocenters. The minimum atomic E-state index is 0.837. The predicted molar refractivity (Wildman–Crippen MR) is 70.2 cm³/mol. The first kappa shape index (κ1) is 12.8. The lowest BCUT2D eigenvalue weighted by Crippen LogP contribution is -1.89. The molecule has 0 aliphatic heterocycles. The molecule has 0 heterocycles. The van der Waals surface area contributed by atoms with Crippen LogP contribution in [0.5, 0.6) is 0 Å². The van der Waals surface area contributed by atoms with Crippen LogP contribution in [-0.4, -0.2) is 6.61 Å². The van der Waals surface area contributed by atoms with Crippen LogP contribution in [0.1, 0.15) is 45.1 Å². The molecular weight excluding hydrogens is 196 g/mol. The number of hydrogen-bond acceptors (Lipinski definition) is 1. The number of benzene rings is 1. The maximum absolute atomic E-state index is 5.53. The van der Waals surface area contributed by atoms with Gasteiger partial charge >= 0.3 is 0 Å². The van der Waals surface area contributed by atoms with E-state index in [1.807, 2.05) is 24.5 Å². The second kappa shape index (κ2) is 7.98. The number of unbranched alkanes of at least 4 members (excludes halogenated alkanes) is 3. The lowest BCUT2D eigenvalue weighted by atomic mass is 10.1. The molecule has 16 heavy (non-hydrogen) atoms. The smallest absolute Gasteiger partial charge is 0.0873 e. The highest BCUT2D eigenvalue weighted by Crippen LogP contribution is 2.12. The van der Waals surface area contributed by atoms with Gasteiger partial charge < -0.3 is 4.74 Å². The van der Waals surface area contributed by atoms with Crippen molar-refractivity contribution >= 4 is 5.57 Å². The third-order valence-electron chi connectivity index (χ3n) is 2.60. The minimum Gasteiger partial charge on any atom is -0.501 e. The van der Waals surface area contributed by atoms with Gasteiger partial charge in [-0.25, -0.2) is 0 Å². The van der Waals surface area contributed by atoms with E-state index in [1.54, 1.807) is 0 Å². The van der Waals surface area contributed by atoms with E-state index in [0.29, 0.717) is 0 Å². The van der Waals surface area contributed by atoms with E-state index in [2.05, 4.69) is 26.0 Å². The van der Waals surface area contributed by atoms with Gasteiger partial charge in [-0.3, -0.25) is 0 Å². The molecule has 0 aliphatic rings. The van der Waals surface area contributed by atoms with Gasteiger partial charge in [0.1, 0.15) is 0 Å². The van der Waals surface area contributed by atoms with Gasteiger partial charge in [-0.05, 0) is 24.5 Å². The van der Waals surface area contributed by atoms with Crippen LogP contribution in [0.15, 0.2) is 36.6 Å². The van der Waals surface area contributed by atoms with E-state index >= 15 is 0 Å². The summed E-state index contributed by atoms with van der Waals surface area (Å²) in [4.78, 5) is 0. The van der Waals surface area contributed by atoms with Crippen molar-refractivity contribution in [2.75, 3.05) is 6.61 Å². The van der Waals surface area contributed by atoms with Gasteiger partial charge in [-0.1, -0.05) is 56.5 Å². The topological polar surface area (TPSA) is 9.23 Å². The molecule has 1 aromatic rings. The Bertz CT molecular complexity index is 300. The first-order chi connectivity index (χ1) is 7.84. The summed E-state index contributed by atoms with van der Waals surface area (Å²) < 4.78 is 5.53. The van der Waals surface area contributed by atoms with Crippen LogP contribution in [0.2, 0.25) is 0 Å². The molecule has 0 saturated heterocycles.